The maximum Gasteiger partial charge on any atom is 0.250 e. The normalized spacial score (nSPS) is 17.6. The van der Waals surface area contributed by atoms with Crippen LogP contribution in [0.25, 0.3) is 5.69 Å². The molecule has 1 aliphatic heterocycles. The lowest BCUT2D eigenvalue weighted by Crippen LogP contribution is -2.48. The van der Waals surface area contributed by atoms with Crippen LogP contribution >= 0.6 is 24.8 Å². The highest BCUT2D eigenvalue weighted by molar-refractivity contribution is 5.85. The lowest BCUT2D eigenvalue weighted by Gasteiger charge is -2.24. The highest BCUT2D eigenvalue weighted by Gasteiger charge is 2.23. The molecule has 0 radical (unpaired) electrons. The van der Waals surface area contributed by atoms with Gasteiger partial charge in [-0.2, -0.15) is 5.10 Å². The molecule has 144 valence electrons. The van der Waals surface area contributed by atoms with Crippen molar-refractivity contribution in [2.24, 2.45) is 0 Å². The van der Waals surface area contributed by atoms with Gasteiger partial charge in [0.25, 0.3) is 5.91 Å². The Labute approximate surface area is 166 Å². The van der Waals surface area contributed by atoms with Crippen LogP contribution in [0.2, 0.25) is 0 Å². The number of carbonyl (C=O) groups is 1. The molecule has 1 aliphatic rings. The summed E-state index contributed by atoms with van der Waals surface area (Å²) >= 11 is 0. The fourth-order valence-electron chi connectivity index (χ4n) is 2.92. The fourth-order valence-corrected chi connectivity index (χ4v) is 2.92. The summed E-state index contributed by atoms with van der Waals surface area (Å²) in [6, 6.07) is 10.1. The Morgan fingerprint density at radius 2 is 2.00 bits per heavy atom. The fraction of sp³-hybridized carbons (Fsp3) is 0.444. The number of benzene rings is 1. The van der Waals surface area contributed by atoms with Crippen LogP contribution in [-0.4, -0.2) is 41.5 Å². The molecule has 2 aromatic rings. The molecule has 2 heterocycles. The largest absolute Gasteiger partial charge is 0.366 e. The number of morpholine rings is 1. The van der Waals surface area contributed by atoms with E-state index in [2.05, 4.69) is 21.8 Å². The van der Waals surface area contributed by atoms with E-state index >= 15 is 0 Å². The highest BCUT2D eigenvalue weighted by atomic mass is 35.5. The van der Waals surface area contributed by atoms with Crippen LogP contribution in [0.1, 0.15) is 29.9 Å². The van der Waals surface area contributed by atoms with Gasteiger partial charge in [-0.3, -0.25) is 4.79 Å². The second kappa shape index (κ2) is 9.92. The first-order chi connectivity index (χ1) is 11.5. The smallest absolute Gasteiger partial charge is 0.250 e. The SMILES string of the molecule is Cc1cc(C)n(-c2ccc(C(C)NC(=O)C3CNCCO3)cc2)n1.Cl.Cl. The summed E-state index contributed by atoms with van der Waals surface area (Å²) in [7, 11) is 0. The van der Waals surface area contributed by atoms with Crippen LogP contribution in [0.4, 0.5) is 0 Å². The predicted octanol–water partition coefficient (Wildman–Crippen LogP) is 2.50. The van der Waals surface area contributed by atoms with Gasteiger partial charge >= 0.3 is 0 Å². The van der Waals surface area contributed by atoms with Crippen molar-refractivity contribution in [1.82, 2.24) is 20.4 Å². The molecule has 2 atom stereocenters. The number of aryl methyl sites for hydroxylation is 2. The van der Waals surface area contributed by atoms with Gasteiger partial charge in [-0.1, -0.05) is 12.1 Å². The van der Waals surface area contributed by atoms with Gasteiger partial charge < -0.3 is 15.4 Å². The van der Waals surface area contributed by atoms with Crippen LogP contribution in [-0.2, 0) is 9.53 Å². The molecule has 2 unspecified atom stereocenters. The number of ether oxygens (including phenoxy) is 1. The Kier molecular flexibility index (Phi) is 8.56. The molecule has 6 nitrogen and oxygen atoms in total. The topological polar surface area (TPSA) is 68.2 Å². The summed E-state index contributed by atoms with van der Waals surface area (Å²) in [6.45, 7) is 7.94. The van der Waals surface area contributed by atoms with Gasteiger partial charge in [0.1, 0.15) is 6.10 Å². The van der Waals surface area contributed by atoms with Gasteiger partial charge in [-0.05, 0) is 44.5 Å². The first kappa shape index (κ1) is 22.4. The standard InChI is InChI=1S/C18H24N4O2.2ClH/c1-12-10-13(2)22(21-12)16-6-4-15(5-7-16)14(3)20-18(23)17-11-19-8-9-24-17;;/h4-7,10,14,17,19H,8-9,11H2,1-3H3,(H,20,23);2*1H. The monoisotopic (exact) mass is 400 g/mol. The zero-order valence-corrected chi connectivity index (χ0v) is 16.8. The molecule has 1 amide bonds. The van der Waals surface area contributed by atoms with E-state index < -0.39 is 6.10 Å². The molecule has 0 bridgehead atoms. The minimum atomic E-state index is -0.407. The lowest BCUT2D eigenvalue weighted by atomic mass is 10.1. The Morgan fingerprint density at radius 1 is 1.31 bits per heavy atom. The maximum absolute atomic E-state index is 12.2. The molecule has 3 rings (SSSR count). The minimum absolute atomic E-state index is 0. The van der Waals surface area contributed by atoms with Crippen molar-refractivity contribution in [3.8, 4) is 5.69 Å². The van der Waals surface area contributed by atoms with E-state index in [1.54, 1.807) is 0 Å². The highest BCUT2D eigenvalue weighted by Crippen LogP contribution is 2.17. The van der Waals surface area contributed by atoms with Crippen molar-refractivity contribution >= 4 is 30.7 Å². The van der Waals surface area contributed by atoms with E-state index in [9.17, 15) is 4.79 Å². The zero-order chi connectivity index (χ0) is 17.1. The van der Waals surface area contributed by atoms with E-state index in [-0.39, 0.29) is 36.8 Å². The van der Waals surface area contributed by atoms with E-state index in [1.807, 2.05) is 49.7 Å². The Hall–Kier alpha value is -1.60. The Bertz CT molecular complexity index is 712. The van der Waals surface area contributed by atoms with Gasteiger partial charge in [-0.15, -0.1) is 24.8 Å². The van der Waals surface area contributed by atoms with Crippen molar-refractivity contribution in [2.75, 3.05) is 19.7 Å². The number of aromatic nitrogens is 2. The molecule has 1 fully saturated rings. The second-order valence-electron chi connectivity index (χ2n) is 6.22. The Balaban J connectivity index is 0.00000169. The van der Waals surface area contributed by atoms with Crippen LogP contribution in [0, 0.1) is 13.8 Å². The first-order valence-corrected chi connectivity index (χ1v) is 8.31. The van der Waals surface area contributed by atoms with Crippen molar-refractivity contribution in [1.29, 1.82) is 0 Å². The molecule has 0 saturated carbocycles. The average Bonchev–Trinajstić information content (AvgIpc) is 2.94. The minimum Gasteiger partial charge on any atom is -0.366 e. The van der Waals surface area contributed by atoms with E-state index in [0.717, 1.165) is 29.2 Å². The van der Waals surface area contributed by atoms with Crippen LogP contribution in [0.15, 0.2) is 30.3 Å². The molecule has 0 spiro atoms. The number of nitrogens with zero attached hydrogens (tertiary/aromatic N) is 2. The average molecular weight is 401 g/mol. The van der Waals surface area contributed by atoms with Gasteiger partial charge in [0.05, 0.1) is 24.0 Å². The summed E-state index contributed by atoms with van der Waals surface area (Å²) in [5, 5.41) is 10.7. The molecule has 1 aromatic carbocycles. The molecule has 1 aromatic heterocycles. The number of hydrogen-bond donors (Lipinski definition) is 2. The molecular weight excluding hydrogens is 375 g/mol. The molecular formula is C18H26Cl2N4O2. The van der Waals surface area contributed by atoms with Gasteiger partial charge in [-0.25, -0.2) is 4.68 Å². The predicted molar refractivity (Wildman–Crippen MR) is 107 cm³/mol. The second-order valence-corrected chi connectivity index (χ2v) is 6.22. The Morgan fingerprint density at radius 3 is 2.54 bits per heavy atom. The number of rotatable bonds is 4. The summed E-state index contributed by atoms with van der Waals surface area (Å²) in [5.74, 6) is -0.0719. The summed E-state index contributed by atoms with van der Waals surface area (Å²) in [6.07, 6.45) is -0.407. The lowest BCUT2D eigenvalue weighted by molar-refractivity contribution is -0.134. The van der Waals surface area contributed by atoms with E-state index in [4.69, 9.17) is 4.74 Å². The van der Waals surface area contributed by atoms with Crippen molar-refractivity contribution < 1.29 is 9.53 Å². The first-order valence-electron chi connectivity index (χ1n) is 8.31. The van der Waals surface area contributed by atoms with Crippen molar-refractivity contribution in [3.05, 3.63) is 47.3 Å². The number of nitrogens with one attached hydrogen (secondary N) is 2. The summed E-state index contributed by atoms with van der Waals surface area (Å²) < 4.78 is 7.40. The third-order valence-corrected chi connectivity index (χ3v) is 4.23. The number of amides is 1. The number of hydrogen-bond acceptors (Lipinski definition) is 4. The quantitative estimate of drug-likeness (QED) is 0.826. The van der Waals surface area contributed by atoms with E-state index in [1.165, 1.54) is 0 Å². The summed E-state index contributed by atoms with van der Waals surface area (Å²) in [4.78, 5) is 12.2. The molecule has 1 saturated heterocycles. The van der Waals surface area contributed by atoms with Gasteiger partial charge in [0, 0.05) is 18.8 Å². The third-order valence-electron chi connectivity index (χ3n) is 4.23. The number of carbonyl (C=O) groups excluding carboxylic acids is 1. The van der Waals surface area contributed by atoms with Gasteiger partial charge in [0.15, 0.2) is 0 Å². The van der Waals surface area contributed by atoms with Crippen molar-refractivity contribution in [2.45, 2.75) is 32.9 Å². The van der Waals surface area contributed by atoms with Gasteiger partial charge in [0.2, 0.25) is 0 Å². The summed E-state index contributed by atoms with van der Waals surface area (Å²) in [5.41, 5.74) is 4.17. The molecule has 0 aliphatic carbocycles. The van der Waals surface area contributed by atoms with E-state index in [0.29, 0.717) is 13.2 Å². The van der Waals surface area contributed by atoms with Crippen molar-refractivity contribution in [3.63, 3.8) is 0 Å². The maximum atomic E-state index is 12.2. The van der Waals surface area contributed by atoms with Crippen LogP contribution in [0.3, 0.4) is 0 Å². The van der Waals surface area contributed by atoms with Crippen LogP contribution in [0.5, 0.6) is 0 Å². The third kappa shape index (κ3) is 5.20. The van der Waals surface area contributed by atoms with Crippen LogP contribution < -0.4 is 10.6 Å². The molecule has 2 N–H and O–H groups in total. The number of halogens is 2. The molecule has 26 heavy (non-hydrogen) atoms. The molecule has 8 heteroatoms. The zero-order valence-electron chi connectivity index (χ0n) is 15.2.